The number of furan rings is 1. The summed E-state index contributed by atoms with van der Waals surface area (Å²) in [5, 5.41) is 0. The van der Waals surface area contributed by atoms with Crippen LogP contribution in [0.5, 0.6) is 0 Å². The van der Waals surface area contributed by atoms with E-state index in [1.165, 1.54) is 17.8 Å². The summed E-state index contributed by atoms with van der Waals surface area (Å²) in [7, 11) is 0. The fourth-order valence-electron chi connectivity index (χ4n) is 1.61. The van der Waals surface area contributed by atoms with Gasteiger partial charge in [0.1, 0.15) is 5.76 Å². The van der Waals surface area contributed by atoms with Crippen molar-refractivity contribution in [3.8, 4) is 0 Å². The Morgan fingerprint density at radius 3 is 2.47 bits per heavy atom. The van der Waals surface area contributed by atoms with E-state index < -0.39 is 11.7 Å². The normalized spacial score (nSPS) is 11.8. The lowest BCUT2D eigenvalue weighted by molar-refractivity contribution is -0.137. The van der Waals surface area contributed by atoms with Crippen molar-refractivity contribution in [3.05, 3.63) is 47.4 Å². The number of halogens is 3. The molecule has 2 aromatic rings. The van der Waals surface area contributed by atoms with Gasteiger partial charge in [-0.05, 0) is 36.8 Å². The lowest BCUT2D eigenvalue weighted by Gasteiger charge is -2.11. The van der Waals surface area contributed by atoms with Crippen LogP contribution in [0.3, 0.4) is 0 Å². The summed E-state index contributed by atoms with van der Waals surface area (Å²) in [5.41, 5.74) is 5.32. The van der Waals surface area contributed by atoms with E-state index in [0.29, 0.717) is 10.5 Å². The molecule has 0 unspecified atom stereocenters. The standard InChI is InChI=1S/C13H12F3NOS/c1-8-11(4-5-18-8)19-12-3-2-10(13(14,15)16)6-9(12)7-17/h2-6H,7,17H2,1H3. The molecule has 0 fully saturated rings. The minimum atomic E-state index is -4.35. The van der Waals surface area contributed by atoms with Gasteiger partial charge in [-0.15, -0.1) is 0 Å². The minimum Gasteiger partial charge on any atom is -0.468 e. The molecule has 0 radical (unpaired) electrons. The Bertz CT molecular complexity index is 578. The third kappa shape index (κ3) is 3.13. The smallest absolute Gasteiger partial charge is 0.416 e. The molecule has 0 aliphatic heterocycles. The zero-order valence-corrected chi connectivity index (χ0v) is 10.9. The topological polar surface area (TPSA) is 39.2 Å². The first-order valence-corrected chi connectivity index (χ1v) is 6.35. The van der Waals surface area contributed by atoms with Crippen molar-refractivity contribution in [2.24, 2.45) is 5.73 Å². The lowest BCUT2D eigenvalue weighted by Crippen LogP contribution is -2.07. The van der Waals surface area contributed by atoms with E-state index in [1.54, 1.807) is 19.3 Å². The maximum absolute atomic E-state index is 12.6. The van der Waals surface area contributed by atoms with Gasteiger partial charge in [0.2, 0.25) is 0 Å². The first-order chi connectivity index (χ1) is 8.91. The van der Waals surface area contributed by atoms with E-state index in [0.717, 1.165) is 22.8 Å². The van der Waals surface area contributed by atoms with Gasteiger partial charge in [0.25, 0.3) is 0 Å². The lowest BCUT2D eigenvalue weighted by atomic mass is 10.1. The highest BCUT2D eigenvalue weighted by molar-refractivity contribution is 7.99. The van der Waals surface area contributed by atoms with E-state index >= 15 is 0 Å². The number of hydrogen-bond acceptors (Lipinski definition) is 3. The fraction of sp³-hybridized carbons (Fsp3) is 0.231. The molecule has 102 valence electrons. The number of aryl methyl sites for hydroxylation is 1. The molecule has 0 spiro atoms. The molecule has 2 rings (SSSR count). The van der Waals surface area contributed by atoms with E-state index in [4.69, 9.17) is 10.2 Å². The first kappa shape index (κ1) is 14.0. The van der Waals surface area contributed by atoms with E-state index in [9.17, 15) is 13.2 Å². The van der Waals surface area contributed by atoms with Gasteiger partial charge in [-0.1, -0.05) is 11.8 Å². The molecule has 0 aliphatic rings. The van der Waals surface area contributed by atoms with Crippen LogP contribution >= 0.6 is 11.8 Å². The average Bonchev–Trinajstić information content (AvgIpc) is 2.74. The van der Waals surface area contributed by atoms with Crippen LogP contribution in [0, 0.1) is 6.92 Å². The van der Waals surface area contributed by atoms with Crippen molar-refractivity contribution in [2.45, 2.75) is 29.4 Å². The molecule has 19 heavy (non-hydrogen) atoms. The number of hydrogen-bond donors (Lipinski definition) is 1. The van der Waals surface area contributed by atoms with Gasteiger partial charge >= 0.3 is 6.18 Å². The van der Waals surface area contributed by atoms with Crippen molar-refractivity contribution in [1.29, 1.82) is 0 Å². The van der Waals surface area contributed by atoms with Crippen molar-refractivity contribution >= 4 is 11.8 Å². The fourth-order valence-corrected chi connectivity index (χ4v) is 2.57. The second-order valence-electron chi connectivity index (χ2n) is 3.97. The molecule has 0 saturated heterocycles. The van der Waals surface area contributed by atoms with Gasteiger partial charge in [0, 0.05) is 11.4 Å². The summed E-state index contributed by atoms with van der Waals surface area (Å²) >= 11 is 1.35. The van der Waals surface area contributed by atoms with Gasteiger partial charge < -0.3 is 10.2 Å². The van der Waals surface area contributed by atoms with Crippen LogP contribution in [0.25, 0.3) is 0 Å². The van der Waals surface area contributed by atoms with E-state index in [-0.39, 0.29) is 6.54 Å². The molecule has 2 N–H and O–H groups in total. The van der Waals surface area contributed by atoms with Crippen molar-refractivity contribution < 1.29 is 17.6 Å². The van der Waals surface area contributed by atoms with Crippen LogP contribution in [0.1, 0.15) is 16.9 Å². The zero-order chi connectivity index (χ0) is 14.0. The van der Waals surface area contributed by atoms with Crippen molar-refractivity contribution in [2.75, 3.05) is 0 Å². The number of benzene rings is 1. The second-order valence-corrected chi connectivity index (χ2v) is 5.05. The maximum atomic E-state index is 12.6. The van der Waals surface area contributed by atoms with Crippen LogP contribution in [-0.2, 0) is 12.7 Å². The highest BCUT2D eigenvalue weighted by Gasteiger charge is 2.30. The number of nitrogens with two attached hydrogens (primary N) is 1. The molecule has 0 aliphatic carbocycles. The summed E-state index contributed by atoms with van der Waals surface area (Å²) < 4.78 is 43.0. The summed E-state index contributed by atoms with van der Waals surface area (Å²) in [6.07, 6.45) is -2.80. The van der Waals surface area contributed by atoms with E-state index in [2.05, 4.69) is 0 Å². The average molecular weight is 287 g/mol. The van der Waals surface area contributed by atoms with Crippen molar-refractivity contribution in [1.82, 2.24) is 0 Å². The Balaban J connectivity index is 2.34. The molecular weight excluding hydrogens is 275 g/mol. The van der Waals surface area contributed by atoms with Crippen LogP contribution in [0.2, 0.25) is 0 Å². The largest absolute Gasteiger partial charge is 0.468 e. The Morgan fingerprint density at radius 1 is 1.21 bits per heavy atom. The van der Waals surface area contributed by atoms with Crippen molar-refractivity contribution in [3.63, 3.8) is 0 Å². The Labute approximate surface area is 112 Å². The molecule has 0 amide bonds. The third-order valence-corrected chi connectivity index (χ3v) is 3.90. The summed E-state index contributed by atoms with van der Waals surface area (Å²) in [6, 6.07) is 5.38. The third-order valence-electron chi connectivity index (χ3n) is 2.64. The molecule has 0 saturated carbocycles. The van der Waals surface area contributed by atoms with Gasteiger partial charge in [0.15, 0.2) is 0 Å². The summed E-state index contributed by atoms with van der Waals surface area (Å²) in [4.78, 5) is 1.58. The SMILES string of the molecule is Cc1occc1Sc1ccc(C(F)(F)F)cc1CN. The Kier molecular flexibility index (Phi) is 3.91. The summed E-state index contributed by atoms with van der Waals surface area (Å²) in [6.45, 7) is 1.86. The van der Waals surface area contributed by atoms with Crippen LogP contribution in [0.4, 0.5) is 13.2 Å². The molecule has 1 aromatic heterocycles. The highest BCUT2D eigenvalue weighted by Crippen LogP contribution is 2.36. The molecule has 2 nitrogen and oxygen atoms in total. The molecule has 0 bridgehead atoms. The van der Waals surface area contributed by atoms with Gasteiger partial charge in [-0.3, -0.25) is 0 Å². The Morgan fingerprint density at radius 2 is 1.95 bits per heavy atom. The predicted octanol–water partition coefficient (Wildman–Crippen LogP) is 4.22. The monoisotopic (exact) mass is 287 g/mol. The van der Waals surface area contributed by atoms with Gasteiger partial charge in [-0.2, -0.15) is 13.2 Å². The van der Waals surface area contributed by atoms with Gasteiger partial charge in [-0.25, -0.2) is 0 Å². The van der Waals surface area contributed by atoms with Crippen LogP contribution in [0.15, 0.2) is 44.7 Å². The Hall–Kier alpha value is -1.40. The highest BCUT2D eigenvalue weighted by atomic mass is 32.2. The number of alkyl halides is 3. The predicted molar refractivity (Wildman–Crippen MR) is 66.9 cm³/mol. The zero-order valence-electron chi connectivity index (χ0n) is 10.1. The van der Waals surface area contributed by atoms with Crippen LogP contribution < -0.4 is 5.73 Å². The molecular formula is C13H12F3NOS. The quantitative estimate of drug-likeness (QED) is 0.918. The van der Waals surface area contributed by atoms with Crippen LogP contribution in [-0.4, -0.2) is 0 Å². The number of rotatable bonds is 3. The molecule has 0 atom stereocenters. The van der Waals surface area contributed by atoms with Gasteiger partial charge in [0.05, 0.1) is 16.7 Å². The first-order valence-electron chi connectivity index (χ1n) is 5.54. The molecule has 6 heteroatoms. The van der Waals surface area contributed by atoms with E-state index in [1.807, 2.05) is 0 Å². The molecule has 1 heterocycles. The minimum absolute atomic E-state index is 0.0587. The second kappa shape index (κ2) is 5.30. The summed E-state index contributed by atoms with van der Waals surface area (Å²) in [5.74, 6) is 0.730. The maximum Gasteiger partial charge on any atom is 0.416 e. The molecule has 1 aromatic carbocycles.